The number of benzene rings is 1. The smallest absolute Gasteiger partial charge is 0.337 e. The predicted octanol–water partition coefficient (Wildman–Crippen LogP) is 3.13. The van der Waals surface area contributed by atoms with Crippen LogP contribution in [0.25, 0.3) is 0 Å². The van der Waals surface area contributed by atoms with Gasteiger partial charge in [0.15, 0.2) is 0 Å². The van der Waals surface area contributed by atoms with Crippen molar-refractivity contribution in [2.45, 2.75) is 19.4 Å². The van der Waals surface area contributed by atoms with Crippen molar-refractivity contribution in [2.75, 3.05) is 20.2 Å². The van der Waals surface area contributed by atoms with E-state index in [9.17, 15) is 14.4 Å². The molecule has 1 amide bonds. The Kier molecular flexibility index (Phi) is 6.24. The molecule has 2 heterocycles. The van der Waals surface area contributed by atoms with Crippen LogP contribution < -0.4 is 0 Å². The Hall–Kier alpha value is -2.67. The number of methoxy groups -OCH3 is 1. The molecule has 0 bridgehead atoms. The lowest BCUT2D eigenvalue weighted by Crippen LogP contribution is -2.40. The average molecular weight is 387 g/mol. The number of ether oxygens (including phenoxy) is 2. The highest BCUT2D eigenvalue weighted by atomic mass is 32.1. The molecule has 2 aromatic rings. The lowest BCUT2D eigenvalue weighted by Gasteiger charge is -2.30. The molecule has 1 saturated heterocycles. The second-order valence-electron chi connectivity index (χ2n) is 6.34. The molecule has 1 fully saturated rings. The lowest BCUT2D eigenvalue weighted by molar-refractivity contribution is -0.151. The van der Waals surface area contributed by atoms with Crippen LogP contribution in [0.5, 0.6) is 0 Å². The maximum absolute atomic E-state index is 12.3. The maximum atomic E-state index is 12.3. The average Bonchev–Trinajstić information content (AvgIpc) is 3.26. The Labute approximate surface area is 161 Å². The standard InChI is InChI=1S/C20H21NO5S/c1-25-19(23)15-6-4-14(5-7-15)13-26-20(24)16-8-10-21(11-9-16)18(22)17-3-2-12-27-17/h2-7,12,16H,8-11,13H2,1H3. The molecule has 0 aliphatic carbocycles. The number of hydrogen-bond acceptors (Lipinski definition) is 6. The number of thiophene rings is 1. The number of piperidine rings is 1. The quantitative estimate of drug-likeness (QED) is 0.737. The third kappa shape index (κ3) is 4.74. The van der Waals surface area contributed by atoms with Crippen molar-refractivity contribution in [3.63, 3.8) is 0 Å². The number of rotatable bonds is 5. The van der Waals surface area contributed by atoms with Gasteiger partial charge in [-0.1, -0.05) is 18.2 Å². The number of amides is 1. The summed E-state index contributed by atoms with van der Waals surface area (Å²) in [5.74, 6) is -0.799. The number of hydrogen-bond donors (Lipinski definition) is 0. The van der Waals surface area contributed by atoms with Crippen molar-refractivity contribution in [1.82, 2.24) is 4.90 Å². The van der Waals surface area contributed by atoms with Gasteiger partial charge in [0.2, 0.25) is 0 Å². The van der Waals surface area contributed by atoms with Crippen LogP contribution in [0.4, 0.5) is 0 Å². The zero-order chi connectivity index (χ0) is 19.2. The van der Waals surface area contributed by atoms with Gasteiger partial charge in [-0.25, -0.2) is 4.79 Å². The first-order valence-corrected chi connectivity index (χ1v) is 9.63. The van der Waals surface area contributed by atoms with Crippen LogP contribution in [0.2, 0.25) is 0 Å². The van der Waals surface area contributed by atoms with Crippen molar-refractivity contribution >= 4 is 29.2 Å². The molecule has 0 saturated carbocycles. The molecule has 3 rings (SSSR count). The zero-order valence-corrected chi connectivity index (χ0v) is 15.9. The van der Waals surface area contributed by atoms with Gasteiger partial charge in [-0.15, -0.1) is 11.3 Å². The number of likely N-dealkylation sites (tertiary alicyclic amines) is 1. The minimum atomic E-state index is -0.401. The van der Waals surface area contributed by atoms with E-state index in [1.54, 1.807) is 29.2 Å². The van der Waals surface area contributed by atoms with Gasteiger partial charge < -0.3 is 14.4 Å². The van der Waals surface area contributed by atoms with Gasteiger partial charge in [-0.2, -0.15) is 0 Å². The van der Waals surface area contributed by atoms with E-state index >= 15 is 0 Å². The van der Waals surface area contributed by atoms with Crippen LogP contribution >= 0.6 is 11.3 Å². The van der Waals surface area contributed by atoms with E-state index < -0.39 is 5.97 Å². The van der Waals surface area contributed by atoms with E-state index in [1.165, 1.54) is 18.4 Å². The van der Waals surface area contributed by atoms with E-state index in [0.717, 1.165) is 10.4 Å². The first-order chi connectivity index (χ1) is 13.1. The van der Waals surface area contributed by atoms with E-state index in [4.69, 9.17) is 4.74 Å². The molecule has 7 heteroatoms. The fourth-order valence-corrected chi connectivity index (χ4v) is 3.69. The van der Waals surface area contributed by atoms with E-state index in [2.05, 4.69) is 4.74 Å². The molecule has 1 aromatic carbocycles. The molecule has 1 aromatic heterocycles. The van der Waals surface area contributed by atoms with Crippen LogP contribution in [-0.4, -0.2) is 42.9 Å². The predicted molar refractivity (Wildman–Crippen MR) is 101 cm³/mol. The molecule has 0 unspecified atom stereocenters. The van der Waals surface area contributed by atoms with Crippen molar-refractivity contribution < 1.29 is 23.9 Å². The minimum Gasteiger partial charge on any atom is -0.465 e. The Morgan fingerprint density at radius 3 is 2.41 bits per heavy atom. The van der Waals surface area contributed by atoms with Crippen LogP contribution in [0.1, 0.15) is 38.4 Å². The highest BCUT2D eigenvalue weighted by Gasteiger charge is 2.29. The first kappa shape index (κ1) is 19.1. The second-order valence-corrected chi connectivity index (χ2v) is 7.29. The molecule has 0 N–H and O–H groups in total. The van der Waals surface area contributed by atoms with Crippen molar-refractivity contribution in [1.29, 1.82) is 0 Å². The topological polar surface area (TPSA) is 72.9 Å². The van der Waals surface area contributed by atoms with E-state index in [0.29, 0.717) is 31.5 Å². The normalized spacial score (nSPS) is 14.6. The summed E-state index contributed by atoms with van der Waals surface area (Å²) in [6, 6.07) is 10.4. The molecule has 6 nitrogen and oxygen atoms in total. The SMILES string of the molecule is COC(=O)c1ccc(COC(=O)C2CCN(C(=O)c3cccs3)CC2)cc1. The molecule has 0 radical (unpaired) electrons. The van der Waals surface area contributed by atoms with Crippen LogP contribution in [-0.2, 0) is 20.9 Å². The maximum Gasteiger partial charge on any atom is 0.337 e. The third-order valence-electron chi connectivity index (χ3n) is 4.60. The highest BCUT2D eigenvalue weighted by molar-refractivity contribution is 7.12. The largest absolute Gasteiger partial charge is 0.465 e. The van der Waals surface area contributed by atoms with Crippen LogP contribution in [0.15, 0.2) is 41.8 Å². The summed E-state index contributed by atoms with van der Waals surface area (Å²) >= 11 is 1.43. The van der Waals surface area contributed by atoms with Crippen molar-refractivity contribution in [2.24, 2.45) is 5.92 Å². The van der Waals surface area contributed by atoms with Gasteiger partial charge >= 0.3 is 11.9 Å². The number of nitrogens with zero attached hydrogens (tertiary/aromatic N) is 1. The number of esters is 2. The fourth-order valence-electron chi connectivity index (χ4n) is 3.00. The van der Waals surface area contributed by atoms with Gasteiger partial charge in [0.25, 0.3) is 5.91 Å². The van der Waals surface area contributed by atoms with Crippen LogP contribution in [0.3, 0.4) is 0 Å². The Balaban J connectivity index is 1.45. The minimum absolute atomic E-state index is 0.0301. The second kappa shape index (κ2) is 8.81. The summed E-state index contributed by atoms with van der Waals surface area (Å²) in [6.45, 7) is 1.28. The Morgan fingerprint density at radius 2 is 1.81 bits per heavy atom. The highest BCUT2D eigenvalue weighted by Crippen LogP contribution is 2.22. The fraction of sp³-hybridized carbons (Fsp3) is 0.350. The molecule has 0 atom stereocenters. The summed E-state index contributed by atoms with van der Waals surface area (Å²) in [5.41, 5.74) is 1.26. The Morgan fingerprint density at radius 1 is 1.11 bits per heavy atom. The van der Waals surface area contributed by atoms with Gasteiger partial charge in [0, 0.05) is 13.1 Å². The summed E-state index contributed by atoms with van der Waals surface area (Å²) in [5, 5.41) is 1.88. The molecular weight excluding hydrogens is 366 g/mol. The van der Waals surface area contributed by atoms with Gasteiger partial charge in [-0.3, -0.25) is 9.59 Å². The summed E-state index contributed by atoms with van der Waals surface area (Å²) < 4.78 is 10.1. The number of carbonyl (C=O) groups is 3. The van der Waals surface area contributed by atoms with E-state index in [-0.39, 0.29) is 24.4 Å². The van der Waals surface area contributed by atoms with Gasteiger partial charge in [-0.05, 0) is 42.0 Å². The zero-order valence-electron chi connectivity index (χ0n) is 15.1. The van der Waals surface area contributed by atoms with Crippen molar-refractivity contribution in [3.05, 3.63) is 57.8 Å². The number of carbonyl (C=O) groups excluding carboxylic acids is 3. The Bertz CT molecular complexity index is 792. The summed E-state index contributed by atoms with van der Waals surface area (Å²) in [6.07, 6.45) is 1.22. The van der Waals surface area contributed by atoms with Gasteiger partial charge in [0.1, 0.15) is 6.61 Å². The van der Waals surface area contributed by atoms with Crippen LogP contribution in [0, 0.1) is 5.92 Å². The molecule has 0 spiro atoms. The van der Waals surface area contributed by atoms with Gasteiger partial charge in [0.05, 0.1) is 23.5 Å². The first-order valence-electron chi connectivity index (χ1n) is 8.75. The molecule has 27 heavy (non-hydrogen) atoms. The summed E-state index contributed by atoms with van der Waals surface area (Å²) in [4.78, 5) is 38.6. The third-order valence-corrected chi connectivity index (χ3v) is 5.46. The monoisotopic (exact) mass is 387 g/mol. The lowest BCUT2D eigenvalue weighted by atomic mass is 9.97. The molecule has 1 aliphatic rings. The van der Waals surface area contributed by atoms with Crippen molar-refractivity contribution in [3.8, 4) is 0 Å². The summed E-state index contributed by atoms with van der Waals surface area (Å²) in [7, 11) is 1.33. The molecule has 142 valence electrons. The molecular formula is C20H21NO5S. The van der Waals surface area contributed by atoms with E-state index in [1.807, 2.05) is 17.5 Å². The molecule has 1 aliphatic heterocycles.